The van der Waals surface area contributed by atoms with Crippen LogP contribution in [0.1, 0.15) is 15.9 Å². The van der Waals surface area contributed by atoms with Crippen molar-refractivity contribution >= 4 is 24.4 Å². The fourth-order valence-electron chi connectivity index (χ4n) is 2.25. The van der Waals surface area contributed by atoms with E-state index in [-0.39, 0.29) is 5.56 Å². The zero-order valence-electron chi connectivity index (χ0n) is 13.2. The van der Waals surface area contributed by atoms with E-state index in [4.69, 9.17) is 17.0 Å². The molecule has 0 spiro atoms. The number of aromatic nitrogens is 3. The van der Waals surface area contributed by atoms with Gasteiger partial charge in [0.15, 0.2) is 5.82 Å². The number of nitrogens with one attached hydrogen (secondary N) is 1. The number of carboxylic acid groups (broad SMARTS) is 1. The van der Waals surface area contributed by atoms with Crippen LogP contribution in [0.25, 0.3) is 11.4 Å². The van der Waals surface area contributed by atoms with E-state index in [1.54, 1.807) is 37.4 Å². The predicted molar refractivity (Wildman–Crippen MR) is 95.8 cm³/mol. The van der Waals surface area contributed by atoms with Crippen molar-refractivity contribution in [1.29, 1.82) is 0 Å². The van der Waals surface area contributed by atoms with Crippen LogP contribution < -0.4 is 4.74 Å². The van der Waals surface area contributed by atoms with Gasteiger partial charge in [-0.15, -0.1) is 0 Å². The van der Waals surface area contributed by atoms with E-state index in [1.165, 1.54) is 17.0 Å². The molecule has 2 N–H and O–H groups in total. The van der Waals surface area contributed by atoms with Gasteiger partial charge in [0.25, 0.3) is 0 Å². The fourth-order valence-corrected chi connectivity index (χ4v) is 2.43. The van der Waals surface area contributed by atoms with Gasteiger partial charge < -0.3 is 9.84 Å². The number of carbonyl (C=O) groups is 1. The molecule has 1 aromatic heterocycles. The van der Waals surface area contributed by atoms with Crippen LogP contribution in [0.15, 0.2) is 53.6 Å². The Kier molecular flexibility index (Phi) is 4.71. The second kappa shape index (κ2) is 7.10. The normalized spacial score (nSPS) is 10.9. The van der Waals surface area contributed by atoms with Crippen molar-refractivity contribution in [3.63, 3.8) is 0 Å². The van der Waals surface area contributed by atoms with Gasteiger partial charge in [-0.1, -0.05) is 18.2 Å². The summed E-state index contributed by atoms with van der Waals surface area (Å²) in [6.07, 6.45) is 1.45. The molecule has 0 saturated carbocycles. The number of rotatable bonds is 5. The Balaban J connectivity index is 2.00. The Morgan fingerprint density at radius 2 is 2.00 bits per heavy atom. The number of methoxy groups -OCH3 is 1. The number of ether oxygens (including phenoxy) is 1. The van der Waals surface area contributed by atoms with Crippen molar-refractivity contribution in [1.82, 2.24) is 14.9 Å². The zero-order chi connectivity index (χ0) is 17.8. The van der Waals surface area contributed by atoms with Gasteiger partial charge in [-0.25, -0.2) is 9.89 Å². The molecule has 0 unspecified atom stereocenters. The molecule has 0 radical (unpaired) electrons. The van der Waals surface area contributed by atoms with E-state index >= 15 is 0 Å². The summed E-state index contributed by atoms with van der Waals surface area (Å²) < 4.78 is 6.88. The van der Waals surface area contributed by atoms with Gasteiger partial charge in [0.1, 0.15) is 5.75 Å². The van der Waals surface area contributed by atoms with E-state index < -0.39 is 5.97 Å². The summed E-state index contributed by atoms with van der Waals surface area (Å²) in [6, 6.07) is 13.9. The van der Waals surface area contributed by atoms with E-state index in [0.717, 1.165) is 11.3 Å². The summed E-state index contributed by atoms with van der Waals surface area (Å²) in [5.41, 5.74) is 1.42. The lowest BCUT2D eigenvalue weighted by Gasteiger charge is -2.03. The second-order valence-electron chi connectivity index (χ2n) is 5.03. The minimum absolute atomic E-state index is 0.160. The molecule has 2 aromatic carbocycles. The number of nitrogens with zero attached hydrogens (tertiary/aromatic N) is 3. The van der Waals surface area contributed by atoms with E-state index in [0.29, 0.717) is 16.2 Å². The molecular formula is C17H14N4O3S. The number of aromatic carboxylic acids is 1. The lowest BCUT2D eigenvalue weighted by Crippen LogP contribution is -2.02. The maximum atomic E-state index is 11.3. The Morgan fingerprint density at radius 1 is 1.28 bits per heavy atom. The number of hydrogen-bond acceptors (Lipinski definition) is 5. The molecule has 126 valence electrons. The highest BCUT2D eigenvalue weighted by molar-refractivity contribution is 7.71. The number of benzene rings is 2. The molecule has 0 amide bonds. The van der Waals surface area contributed by atoms with Crippen molar-refractivity contribution in [3.8, 4) is 17.1 Å². The predicted octanol–water partition coefficient (Wildman–Crippen LogP) is 3.20. The van der Waals surface area contributed by atoms with Crippen LogP contribution in [0.2, 0.25) is 0 Å². The molecule has 0 atom stereocenters. The number of hydrogen-bond donors (Lipinski definition) is 2. The van der Waals surface area contributed by atoms with Gasteiger partial charge in [-0.2, -0.15) is 14.9 Å². The van der Waals surface area contributed by atoms with E-state index in [2.05, 4.69) is 15.3 Å². The van der Waals surface area contributed by atoms with Crippen LogP contribution in [-0.2, 0) is 0 Å². The third-order valence-corrected chi connectivity index (χ3v) is 3.77. The maximum absolute atomic E-state index is 11.3. The molecule has 0 aliphatic carbocycles. The van der Waals surface area contributed by atoms with Crippen LogP contribution >= 0.6 is 12.2 Å². The summed E-state index contributed by atoms with van der Waals surface area (Å²) in [5.74, 6) is 0.216. The number of aromatic amines is 1. The minimum Gasteiger partial charge on any atom is -0.497 e. The zero-order valence-corrected chi connectivity index (χ0v) is 14.0. The van der Waals surface area contributed by atoms with Crippen molar-refractivity contribution in [2.24, 2.45) is 5.10 Å². The molecule has 0 saturated heterocycles. The summed E-state index contributed by atoms with van der Waals surface area (Å²) in [7, 11) is 1.59. The Labute approximate surface area is 148 Å². The van der Waals surface area contributed by atoms with Gasteiger partial charge in [0.2, 0.25) is 4.77 Å². The standard InChI is InChI=1S/C17H14N4O3S/c1-24-13-8-6-11(7-9-13)15-19-20-17(25)21(15)18-10-12-4-2-3-5-14(12)16(22)23/h2-10H,1H3,(H,20,25)(H,22,23)/b18-10+. The van der Waals surface area contributed by atoms with Crippen molar-refractivity contribution in [3.05, 3.63) is 64.4 Å². The number of carboxylic acids is 1. The quantitative estimate of drug-likeness (QED) is 0.542. The van der Waals surface area contributed by atoms with Crippen molar-refractivity contribution < 1.29 is 14.6 Å². The van der Waals surface area contributed by atoms with Gasteiger partial charge in [-0.05, 0) is 42.5 Å². The van der Waals surface area contributed by atoms with Crippen LogP contribution in [0, 0.1) is 4.77 Å². The van der Waals surface area contributed by atoms with Gasteiger partial charge in [0.05, 0.1) is 18.9 Å². The molecule has 8 heteroatoms. The first-order chi connectivity index (χ1) is 12.1. The van der Waals surface area contributed by atoms with E-state index in [9.17, 15) is 9.90 Å². The first-order valence-corrected chi connectivity index (χ1v) is 7.69. The highest BCUT2D eigenvalue weighted by Gasteiger charge is 2.10. The lowest BCUT2D eigenvalue weighted by molar-refractivity contribution is 0.0697. The molecule has 0 fully saturated rings. The van der Waals surface area contributed by atoms with Gasteiger partial charge in [-0.3, -0.25) is 0 Å². The molecule has 25 heavy (non-hydrogen) atoms. The smallest absolute Gasteiger partial charge is 0.336 e. The number of H-pyrrole nitrogens is 1. The highest BCUT2D eigenvalue weighted by atomic mass is 32.1. The van der Waals surface area contributed by atoms with Crippen LogP contribution in [-0.4, -0.2) is 39.3 Å². The second-order valence-corrected chi connectivity index (χ2v) is 5.42. The summed E-state index contributed by atoms with van der Waals surface area (Å²) >= 11 is 5.21. The van der Waals surface area contributed by atoms with Crippen LogP contribution in [0.5, 0.6) is 5.75 Å². The fraction of sp³-hybridized carbons (Fsp3) is 0.0588. The first-order valence-electron chi connectivity index (χ1n) is 7.28. The topological polar surface area (TPSA) is 92.5 Å². The molecule has 3 aromatic rings. The summed E-state index contributed by atoms with van der Waals surface area (Å²) in [5, 5.41) is 20.4. The average molecular weight is 354 g/mol. The Morgan fingerprint density at radius 3 is 2.68 bits per heavy atom. The monoisotopic (exact) mass is 354 g/mol. The molecule has 0 bridgehead atoms. The summed E-state index contributed by atoms with van der Waals surface area (Å²) in [4.78, 5) is 11.3. The molecule has 0 aliphatic heterocycles. The van der Waals surface area contributed by atoms with Crippen molar-refractivity contribution in [2.45, 2.75) is 0 Å². The molecule has 3 rings (SSSR count). The van der Waals surface area contributed by atoms with Crippen LogP contribution in [0.4, 0.5) is 0 Å². The molecular weight excluding hydrogens is 340 g/mol. The van der Waals surface area contributed by atoms with E-state index in [1.807, 2.05) is 12.1 Å². The average Bonchev–Trinajstić information content (AvgIpc) is 3.00. The van der Waals surface area contributed by atoms with Crippen molar-refractivity contribution in [2.75, 3.05) is 7.11 Å². The Bertz CT molecular complexity index is 990. The van der Waals surface area contributed by atoms with Gasteiger partial charge in [0, 0.05) is 11.1 Å². The largest absolute Gasteiger partial charge is 0.497 e. The summed E-state index contributed by atoms with van der Waals surface area (Å²) in [6.45, 7) is 0. The first kappa shape index (κ1) is 16.6. The lowest BCUT2D eigenvalue weighted by atomic mass is 10.1. The third-order valence-electron chi connectivity index (χ3n) is 3.50. The molecule has 7 nitrogen and oxygen atoms in total. The highest BCUT2D eigenvalue weighted by Crippen LogP contribution is 2.21. The SMILES string of the molecule is COc1ccc(-c2n[nH]c(=S)n2/N=C/c2ccccc2C(=O)O)cc1. The molecule has 0 aliphatic rings. The third kappa shape index (κ3) is 3.48. The Hall–Kier alpha value is -3.26. The minimum atomic E-state index is -1.02. The maximum Gasteiger partial charge on any atom is 0.336 e. The molecule has 1 heterocycles. The van der Waals surface area contributed by atoms with Crippen LogP contribution in [0.3, 0.4) is 0 Å². The van der Waals surface area contributed by atoms with Gasteiger partial charge >= 0.3 is 5.97 Å².